The third kappa shape index (κ3) is 3.51. The minimum absolute atomic E-state index is 0.439. The minimum Gasteiger partial charge on any atom is -0.384 e. The summed E-state index contributed by atoms with van der Waals surface area (Å²) >= 11 is 0. The first-order valence-electron chi connectivity index (χ1n) is 9.53. The van der Waals surface area contributed by atoms with E-state index in [1.807, 2.05) is 7.11 Å². The van der Waals surface area contributed by atoms with Gasteiger partial charge in [-0.05, 0) is 50.8 Å². The SMILES string of the molecule is COC[C@@H]1CN(CC2CC2)C[C@]12CCN(Cc1cccc(C)n1)C2. The number of nitrogens with zero attached hydrogens (tertiary/aromatic N) is 3. The monoisotopic (exact) mass is 329 g/mol. The van der Waals surface area contributed by atoms with E-state index in [2.05, 4.69) is 34.9 Å². The van der Waals surface area contributed by atoms with E-state index in [1.54, 1.807) is 0 Å². The smallest absolute Gasteiger partial charge is 0.0547 e. The number of likely N-dealkylation sites (tertiary alicyclic amines) is 2. The Morgan fingerprint density at radius 3 is 2.83 bits per heavy atom. The van der Waals surface area contributed by atoms with Crippen LogP contribution >= 0.6 is 0 Å². The number of methoxy groups -OCH3 is 1. The normalized spacial score (nSPS) is 31.3. The number of aryl methyl sites for hydroxylation is 1. The topological polar surface area (TPSA) is 28.6 Å². The average Bonchev–Trinajstić information content (AvgIpc) is 3.18. The fourth-order valence-electron chi connectivity index (χ4n) is 4.88. The highest BCUT2D eigenvalue weighted by Gasteiger charge is 2.50. The molecular formula is C20H31N3O. The van der Waals surface area contributed by atoms with Crippen molar-refractivity contribution in [1.82, 2.24) is 14.8 Å². The molecule has 0 bridgehead atoms. The molecule has 0 radical (unpaired) electrons. The van der Waals surface area contributed by atoms with E-state index in [1.165, 1.54) is 57.7 Å². The Bertz CT molecular complexity index is 574. The molecule has 3 fully saturated rings. The fourth-order valence-corrected chi connectivity index (χ4v) is 4.88. The molecule has 2 aliphatic heterocycles. The van der Waals surface area contributed by atoms with Gasteiger partial charge in [0.05, 0.1) is 12.3 Å². The first kappa shape index (κ1) is 16.5. The summed E-state index contributed by atoms with van der Waals surface area (Å²) in [7, 11) is 1.86. The Labute approximate surface area is 146 Å². The molecule has 2 saturated heterocycles. The number of hydrogen-bond acceptors (Lipinski definition) is 4. The maximum Gasteiger partial charge on any atom is 0.0547 e. The molecule has 1 aliphatic carbocycles. The van der Waals surface area contributed by atoms with E-state index in [0.717, 1.165) is 24.8 Å². The largest absolute Gasteiger partial charge is 0.384 e. The fraction of sp³-hybridized carbons (Fsp3) is 0.750. The van der Waals surface area contributed by atoms with Crippen molar-refractivity contribution in [3.05, 3.63) is 29.6 Å². The third-order valence-electron chi connectivity index (χ3n) is 6.26. The molecule has 1 aromatic heterocycles. The maximum atomic E-state index is 5.59. The van der Waals surface area contributed by atoms with Crippen LogP contribution in [-0.2, 0) is 11.3 Å². The van der Waals surface area contributed by atoms with Crippen molar-refractivity contribution in [1.29, 1.82) is 0 Å². The van der Waals surface area contributed by atoms with Crippen LogP contribution in [0.2, 0.25) is 0 Å². The van der Waals surface area contributed by atoms with Gasteiger partial charge in [0.15, 0.2) is 0 Å². The van der Waals surface area contributed by atoms with Crippen molar-refractivity contribution >= 4 is 0 Å². The van der Waals surface area contributed by atoms with Crippen LogP contribution in [-0.4, -0.2) is 61.2 Å². The summed E-state index contributed by atoms with van der Waals surface area (Å²) in [5.74, 6) is 1.68. The maximum absolute atomic E-state index is 5.59. The van der Waals surface area contributed by atoms with Gasteiger partial charge in [0.1, 0.15) is 0 Å². The molecule has 3 heterocycles. The molecule has 2 atom stereocenters. The van der Waals surface area contributed by atoms with Crippen molar-refractivity contribution in [3.8, 4) is 0 Å². The summed E-state index contributed by atoms with van der Waals surface area (Å²) in [6.07, 6.45) is 4.21. The second-order valence-electron chi connectivity index (χ2n) is 8.38. The molecule has 4 nitrogen and oxygen atoms in total. The van der Waals surface area contributed by atoms with E-state index in [-0.39, 0.29) is 0 Å². The Balaban J connectivity index is 1.42. The zero-order chi connectivity index (χ0) is 16.6. The van der Waals surface area contributed by atoms with Crippen molar-refractivity contribution in [2.24, 2.45) is 17.3 Å². The van der Waals surface area contributed by atoms with Crippen LogP contribution in [0.1, 0.15) is 30.7 Å². The molecule has 3 aliphatic rings. The highest BCUT2D eigenvalue weighted by Crippen LogP contribution is 2.45. The van der Waals surface area contributed by atoms with E-state index in [4.69, 9.17) is 9.72 Å². The van der Waals surface area contributed by atoms with Crippen molar-refractivity contribution < 1.29 is 4.74 Å². The van der Waals surface area contributed by atoms with Gasteiger partial charge >= 0.3 is 0 Å². The predicted octanol–water partition coefficient (Wildman–Crippen LogP) is 2.57. The summed E-state index contributed by atoms with van der Waals surface area (Å²) in [6, 6.07) is 6.37. The lowest BCUT2D eigenvalue weighted by Crippen LogP contribution is -2.36. The van der Waals surface area contributed by atoms with Crippen LogP contribution in [0.25, 0.3) is 0 Å². The third-order valence-corrected chi connectivity index (χ3v) is 6.26. The van der Waals surface area contributed by atoms with Gasteiger partial charge in [0, 0.05) is 56.9 Å². The van der Waals surface area contributed by atoms with E-state index < -0.39 is 0 Å². The Kier molecular flexibility index (Phi) is 4.63. The van der Waals surface area contributed by atoms with Crippen LogP contribution in [0.15, 0.2) is 18.2 Å². The van der Waals surface area contributed by atoms with Crippen LogP contribution in [0.4, 0.5) is 0 Å². The first-order chi connectivity index (χ1) is 11.7. The lowest BCUT2D eigenvalue weighted by Gasteiger charge is -2.30. The molecule has 0 amide bonds. The molecule has 4 rings (SSSR count). The zero-order valence-corrected chi connectivity index (χ0v) is 15.2. The van der Waals surface area contributed by atoms with Gasteiger partial charge in [-0.3, -0.25) is 9.88 Å². The highest BCUT2D eigenvalue weighted by atomic mass is 16.5. The Hall–Kier alpha value is -0.970. The molecule has 24 heavy (non-hydrogen) atoms. The van der Waals surface area contributed by atoms with E-state index in [9.17, 15) is 0 Å². The number of rotatable bonds is 6. The summed E-state index contributed by atoms with van der Waals surface area (Å²) < 4.78 is 5.59. The molecule has 0 aromatic carbocycles. The number of pyridine rings is 1. The van der Waals surface area contributed by atoms with E-state index in [0.29, 0.717) is 11.3 Å². The molecule has 132 valence electrons. The zero-order valence-electron chi connectivity index (χ0n) is 15.2. The van der Waals surface area contributed by atoms with Gasteiger partial charge in [0.25, 0.3) is 0 Å². The lowest BCUT2D eigenvalue weighted by atomic mass is 9.77. The highest BCUT2D eigenvalue weighted by molar-refractivity contribution is 5.11. The van der Waals surface area contributed by atoms with Crippen molar-refractivity contribution in [2.75, 3.05) is 46.4 Å². The predicted molar refractivity (Wildman–Crippen MR) is 95.8 cm³/mol. The van der Waals surface area contributed by atoms with Gasteiger partial charge in [-0.1, -0.05) is 6.07 Å². The Morgan fingerprint density at radius 2 is 2.08 bits per heavy atom. The van der Waals surface area contributed by atoms with Gasteiger partial charge in [-0.25, -0.2) is 0 Å². The summed E-state index contributed by atoms with van der Waals surface area (Å²) in [6.45, 7) is 10.2. The van der Waals surface area contributed by atoms with Crippen molar-refractivity contribution in [3.63, 3.8) is 0 Å². The second kappa shape index (κ2) is 6.74. The van der Waals surface area contributed by atoms with Crippen LogP contribution < -0.4 is 0 Å². The number of aromatic nitrogens is 1. The molecule has 1 saturated carbocycles. The first-order valence-corrected chi connectivity index (χ1v) is 9.53. The molecular weight excluding hydrogens is 298 g/mol. The molecule has 1 aromatic rings. The molecule has 0 N–H and O–H groups in total. The Morgan fingerprint density at radius 1 is 1.25 bits per heavy atom. The van der Waals surface area contributed by atoms with Crippen LogP contribution in [0.5, 0.6) is 0 Å². The quantitative estimate of drug-likeness (QED) is 0.802. The summed E-state index contributed by atoms with van der Waals surface area (Å²) in [5, 5.41) is 0. The molecule has 1 spiro atoms. The summed E-state index contributed by atoms with van der Waals surface area (Å²) in [4.78, 5) is 10.0. The lowest BCUT2D eigenvalue weighted by molar-refractivity contribution is 0.0958. The van der Waals surface area contributed by atoms with Crippen molar-refractivity contribution in [2.45, 2.75) is 32.7 Å². The number of hydrogen-bond donors (Lipinski definition) is 0. The average molecular weight is 329 g/mol. The minimum atomic E-state index is 0.439. The second-order valence-corrected chi connectivity index (χ2v) is 8.38. The molecule has 0 unspecified atom stereocenters. The summed E-state index contributed by atoms with van der Waals surface area (Å²) in [5.41, 5.74) is 2.77. The van der Waals surface area contributed by atoms with Gasteiger partial charge in [-0.2, -0.15) is 0 Å². The number of ether oxygens (including phenoxy) is 1. The van der Waals surface area contributed by atoms with Gasteiger partial charge < -0.3 is 9.64 Å². The van der Waals surface area contributed by atoms with Gasteiger partial charge in [0.2, 0.25) is 0 Å². The van der Waals surface area contributed by atoms with Gasteiger partial charge in [-0.15, -0.1) is 0 Å². The van der Waals surface area contributed by atoms with E-state index >= 15 is 0 Å². The van der Waals surface area contributed by atoms with Crippen LogP contribution in [0, 0.1) is 24.2 Å². The standard InChI is InChI=1S/C20H31N3O/c1-16-4-3-5-19(21-16)12-22-9-8-20(14-22)15-23(10-17-6-7-17)11-18(20)13-24-2/h3-5,17-18H,6-15H2,1-2H3/t18-,20+/m0/s1. The van der Waals surface area contributed by atoms with Crippen LogP contribution in [0.3, 0.4) is 0 Å². The molecule has 4 heteroatoms.